The minimum Gasteiger partial charge on any atom is -0.383 e. The van der Waals surface area contributed by atoms with Crippen LogP contribution in [0, 0.1) is 5.82 Å². The largest absolute Gasteiger partial charge is 0.383 e. The normalized spacial score (nSPS) is 12.5. The second-order valence-electron chi connectivity index (χ2n) is 7.58. The summed E-state index contributed by atoms with van der Waals surface area (Å²) in [5.74, 6) is 0.134. The van der Waals surface area contributed by atoms with E-state index in [-0.39, 0.29) is 11.9 Å². The van der Waals surface area contributed by atoms with Gasteiger partial charge in [0.05, 0.1) is 16.9 Å². The molecule has 1 unspecified atom stereocenters. The van der Waals surface area contributed by atoms with Crippen LogP contribution >= 0.6 is 15.9 Å². The maximum absolute atomic E-state index is 13.6. The number of nitrogen functional groups attached to an aromatic ring is 1. The summed E-state index contributed by atoms with van der Waals surface area (Å²) < 4.78 is 16.4. The van der Waals surface area contributed by atoms with Crippen molar-refractivity contribution in [1.29, 1.82) is 0 Å². The summed E-state index contributed by atoms with van der Waals surface area (Å²) in [5.41, 5.74) is 10.8. The molecule has 8 heteroatoms. The molecular weight excluding hydrogens is 471 g/mol. The van der Waals surface area contributed by atoms with Crippen molar-refractivity contribution in [3.8, 4) is 11.1 Å². The van der Waals surface area contributed by atoms with Gasteiger partial charge < -0.3 is 15.6 Å². The Morgan fingerprint density at radius 1 is 1.12 bits per heavy atom. The fourth-order valence-electron chi connectivity index (χ4n) is 4.05. The van der Waals surface area contributed by atoms with Gasteiger partial charge in [0, 0.05) is 39.9 Å². The van der Waals surface area contributed by atoms with E-state index >= 15 is 0 Å². The predicted octanol–water partition coefficient (Wildman–Crippen LogP) is 5.09. The maximum Gasteiger partial charge on any atom is 0.146 e. The first-order valence-electron chi connectivity index (χ1n) is 10.1. The smallest absolute Gasteiger partial charge is 0.146 e. The van der Waals surface area contributed by atoms with Gasteiger partial charge in [-0.3, -0.25) is 4.98 Å². The van der Waals surface area contributed by atoms with Crippen LogP contribution in [0.15, 0.2) is 71.7 Å². The van der Waals surface area contributed by atoms with Gasteiger partial charge in [-0.1, -0.05) is 40.2 Å². The van der Waals surface area contributed by atoms with Crippen molar-refractivity contribution in [1.82, 2.24) is 24.8 Å². The van der Waals surface area contributed by atoms with Gasteiger partial charge in [-0.15, -0.1) is 0 Å². The lowest BCUT2D eigenvalue weighted by Crippen LogP contribution is -2.22. The van der Waals surface area contributed by atoms with E-state index < -0.39 is 0 Å². The number of para-hydroxylation sites is 1. The molecule has 3 N–H and O–H groups in total. The molecule has 3 heterocycles. The maximum atomic E-state index is 13.6. The number of hydrogen-bond acceptors (Lipinski definition) is 5. The molecule has 0 saturated heterocycles. The Kier molecular flexibility index (Phi) is 5.32. The van der Waals surface area contributed by atoms with Gasteiger partial charge in [0.2, 0.25) is 0 Å². The number of pyridine rings is 1. The van der Waals surface area contributed by atoms with Crippen molar-refractivity contribution in [2.24, 2.45) is 0 Å². The van der Waals surface area contributed by atoms with Gasteiger partial charge in [0.25, 0.3) is 0 Å². The molecule has 0 aliphatic carbocycles. The molecule has 160 valence electrons. The highest BCUT2D eigenvalue weighted by molar-refractivity contribution is 9.10. The Morgan fingerprint density at radius 2 is 1.97 bits per heavy atom. The molecular formula is C24H20BrFN6. The van der Waals surface area contributed by atoms with Crippen LogP contribution in [-0.4, -0.2) is 26.6 Å². The Hall–Kier alpha value is -3.36. The van der Waals surface area contributed by atoms with Crippen LogP contribution < -0.4 is 11.1 Å². The Balaban J connectivity index is 1.63. The highest BCUT2D eigenvalue weighted by Gasteiger charge is 2.20. The van der Waals surface area contributed by atoms with E-state index in [1.807, 2.05) is 43.7 Å². The van der Waals surface area contributed by atoms with Gasteiger partial charge in [-0.2, -0.15) is 0 Å². The number of rotatable bonds is 5. The Labute approximate surface area is 192 Å². The number of halogens is 2. The predicted molar refractivity (Wildman–Crippen MR) is 129 cm³/mol. The standard InChI is InChI=1S/C24H20BrFN6/c1-28-21(17-7-6-16(26)9-19(17)25)12-32-11-18(22-23(27)30-13-31-24(22)32)15-8-14-4-2-3-5-20(14)29-10-15/h2-11,13,21,28H,12H2,1H3,(H2,27,30,31). The average molecular weight is 491 g/mol. The molecule has 0 spiro atoms. The number of anilines is 1. The van der Waals surface area contributed by atoms with Crippen LogP contribution in [0.25, 0.3) is 33.1 Å². The first-order chi connectivity index (χ1) is 15.5. The molecule has 32 heavy (non-hydrogen) atoms. The van der Waals surface area contributed by atoms with Crippen LogP contribution in [0.3, 0.4) is 0 Å². The van der Waals surface area contributed by atoms with Gasteiger partial charge >= 0.3 is 0 Å². The van der Waals surface area contributed by atoms with Crippen LogP contribution in [0.4, 0.5) is 10.2 Å². The zero-order chi connectivity index (χ0) is 22.2. The summed E-state index contributed by atoms with van der Waals surface area (Å²) >= 11 is 3.49. The summed E-state index contributed by atoms with van der Waals surface area (Å²) in [7, 11) is 1.88. The SMILES string of the molecule is CNC(Cn1cc(-c2cnc3ccccc3c2)c2c(N)ncnc21)c1ccc(F)cc1Br. The van der Waals surface area contributed by atoms with Gasteiger partial charge in [0.1, 0.15) is 23.6 Å². The van der Waals surface area contributed by atoms with E-state index in [9.17, 15) is 4.39 Å². The minimum absolute atomic E-state index is 0.0839. The van der Waals surface area contributed by atoms with Gasteiger partial charge in [-0.05, 0) is 36.9 Å². The summed E-state index contributed by atoms with van der Waals surface area (Å²) in [6, 6.07) is 14.7. The molecule has 5 aromatic rings. The van der Waals surface area contributed by atoms with Crippen molar-refractivity contribution in [2.75, 3.05) is 12.8 Å². The number of aromatic nitrogens is 4. The summed E-state index contributed by atoms with van der Waals surface area (Å²) in [6.45, 7) is 0.564. The Bertz CT molecular complexity index is 1450. The van der Waals surface area contributed by atoms with E-state index in [0.717, 1.165) is 38.6 Å². The molecule has 2 aromatic carbocycles. The topological polar surface area (TPSA) is 81.7 Å². The highest BCUT2D eigenvalue weighted by atomic mass is 79.9. The molecule has 0 amide bonds. The monoisotopic (exact) mass is 490 g/mol. The average Bonchev–Trinajstić information content (AvgIpc) is 3.17. The first kappa shape index (κ1) is 20.5. The summed E-state index contributed by atoms with van der Waals surface area (Å²) in [6.07, 6.45) is 5.35. The van der Waals surface area contributed by atoms with E-state index in [0.29, 0.717) is 16.8 Å². The molecule has 5 rings (SSSR count). The number of nitrogens with two attached hydrogens (primary N) is 1. The third-order valence-corrected chi connectivity index (χ3v) is 6.34. The molecule has 0 bridgehead atoms. The quantitative estimate of drug-likeness (QED) is 0.358. The van der Waals surface area contributed by atoms with Crippen molar-refractivity contribution in [3.63, 3.8) is 0 Å². The van der Waals surface area contributed by atoms with Crippen LogP contribution in [-0.2, 0) is 6.54 Å². The number of benzene rings is 2. The highest BCUT2D eigenvalue weighted by Crippen LogP contribution is 2.35. The van der Waals surface area contributed by atoms with E-state index in [1.54, 1.807) is 6.07 Å². The molecule has 3 aromatic heterocycles. The number of nitrogens with one attached hydrogen (secondary N) is 1. The van der Waals surface area contributed by atoms with Gasteiger partial charge in [0.15, 0.2) is 0 Å². The summed E-state index contributed by atoms with van der Waals surface area (Å²) in [5, 5.41) is 5.15. The lowest BCUT2D eigenvalue weighted by atomic mass is 10.1. The third-order valence-electron chi connectivity index (χ3n) is 5.65. The Morgan fingerprint density at radius 3 is 2.78 bits per heavy atom. The van der Waals surface area contributed by atoms with E-state index in [2.05, 4.69) is 46.8 Å². The number of hydrogen-bond donors (Lipinski definition) is 2. The van der Waals surface area contributed by atoms with Gasteiger partial charge in [-0.25, -0.2) is 14.4 Å². The zero-order valence-corrected chi connectivity index (χ0v) is 18.8. The molecule has 6 nitrogen and oxygen atoms in total. The molecule has 1 atom stereocenters. The molecule has 0 aliphatic rings. The van der Waals surface area contributed by atoms with Crippen molar-refractivity contribution in [3.05, 3.63) is 83.1 Å². The number of likely N-dealkylation sites (N-methyl/N-ethyl adjacent to an activating group) is 1. The number of nitrogens with zero attached hydrogens (tertiary/aromatic N) is 4. The fraction of sp³-hybridized carbons (Fsp3) is 0.125. The van der Waals surface area contributed by atoms with Crippen LogP contribution in [0.2, 0.25) is 0 Å². The molecule has 0 radical (unpaired) electrons. The second-order valence-corrected chi connectivity index (χ2v) is 8.43. The molecule has 0 aliphatic heterocycles. The van der Waals surface area contributed by atoms with Crippen molar-refractivity contribution < 1.29 is 4.39 Å². The van der Waals surface area contributed by atoms with Crippen molar-refractivity contribution >= 4 is 43.7 Å². The second kappa shape index (κ2) is 8.29. The first-order valence-corrected chi connectivity index (χ1v) is 10.9. The lowest BCUT2D eigenvalue weighted by molar-refractivity contribution is 0.505. The third kappa shape index (κ3) is 3.61. The molecule has 0 fully saturated rings. The molecule has 0 saturated carbocycles. The minimum atomic E-state index is -0.284. The number of fused-ring (bicyclic) bond motifs is 2. The van der Waals surface area contributed by atoms with Crippen molar-refractivity contribution in [2.45, 2.75) is 12.6 Å². The fourth-order valence-corrected chi connectivity index (χ4v) is 4.68. The lowest BCUT2D eigenvalue weighted by Gasteiger charge is -2.19. The zero-order valence-electron chi connectivity index (χ0n) is 17.3. The van der Waals surface area contributed by atoms with E-state index in [4.69, 9.17) is 5.73 Å². The van der Waals surface area contributed by atoms with Crippen LogP contribution in [0.5, 0.6) is 0 Å². The van der Waals surface area contributed by atoms with E-state index in [1.165, 1.54) is 18.5 Å². The summed E-state index contributed by atoms with van der Waals surface area (Å²) in [4.78, 5) is 13.3. The van der Waals surface area contributed by atoms with Crippen LogP contribution in [0.1, 0.15) is 11.6 Å².